The highest BCUT2D eigenvalue weighted by atomic mass is 16.5. The number of amides is 1. The second kappa shape index (κ2) is 9.13. The molecule has 1 N–H and O–H groups in total. The summed E-state index contributed by atoms with van der Waals surface area (Å²) in [4.78, 5) is 27.3. The number of rotatable bonds is 7. The molecule has 0 radical (unpaired) electrons. The van der Waals surface area contributed by atoms with Gasteiger partial charge in [-0.15, -0.1) is 0 Å². The fraction of sp³-hybridized carbons (Fsp3) is 0.333. The Hall–Kier alpha value is -3.12. The summed E-state index contributed by atoms with van der Waals surface area (Å²) in [7, 11) is 1.53. The number of Topliss-reactive ketones (excluding diaryl/α,β-unsaturated/α-hetero) is 1. The Morgan fingerprint density at radius 1 is 1.10 bits per heavy atom. The van der Waals surface area contributed by atoms with Crippen LogP contribution in [0.3, 0.4) is 0 Å². The number of carbonyl (C=O) groups is 2. The van der Waals surface area contributed by atoms with Crippen LogP contribution in [-0.2, 0) is 14.3 Å². The molecular weight excluding hydrogens is 382 g/mol. The van der Waals surface area contributed by atoms with Gasteiger partial charge in [0, 0.05) is 17.7 Å². The first-order chi connectivity index (χ1) is 14.3. The first-order valence-electron chi connectivity index (χ1n) is 9.95. The van der Waals surface area contributed by atoms with Crippen LogP contribution in [0.15, 0.2) is 54.1 Å². The van der Waals surface area contributed by atoms with E-state index in [-0.39, 0.29) is 30.6 Å². The summed E-state index contributed by atoms with van der Waals surface area (Å²) >= 11 is 0. The van der Waals surface area contributed by atoms with Gasteiger partial charge in [0.05, 0.1) is 31.4 Å². The van der Waals surface area contributed by atoms with Crippen LogP contribution in [0.1, 0.15) is 36.6 Å². The van der Waals surface area contributed by atoms with Crippen LogP contribution in [0.2, 0.25) is 0 Å². The molecule has 1 saturated heterocycles. The van der Waals surface area contributed by atoms with Crippen molar-refractivity contribution in [3.8, 4) is 5.75 Å². The number of aliphatic hydroxyl groups excluding tert-OH is 1. The normalized spacial score (nSPS) is 18.3. The predicted molar refractivity (Wildman–Crippen MR) is 114 cm³/mol. The first-order valence-corrected chi connectivity index (χ1v) is 9.95. The third-order valence-electron chi connectivity index (χ3n) is 5.08. The monoisotopic (exact) mass is 409 g/mol. The van der Waals surface area contributed by atoms with Crippen molar-refractivity contribution in [2.45, 2.75) is 32.9 Å². The van der Waals surface area contributed by atoms with Gasteiger partial charge in [-0.25, -0.2) is 0 Å². The van der Waals surface area contributed by atoms with E-state index in [1.807, 2.05) is 45.0 Å². The maximum atomic E-state index is 13.0. The van der Waals surface area contributed by atoms with Gasteiger partial charge in [-0.05, 0) is 26.8 Å². The lowest BCUT2D eigenvalue weighted by Gasteiger charge is -2.26. The molecule has 1 aliphatic heterocycles. The molecule has 2 aromatic carbocycles. The summed E-state index contributed by atoms with van der Waals surface area (Å²) in [6.45, 7) is 6.25. The zero-order chi connectivity index (χ0) is 21.8. The van der Waals surface area contributed by atoms with Crippen molar-refractivity contribution in [1.82, 2.24) is 4.90 Å². The molecule has 1 unspecified atom stereocenters. The van der Waals surface area contributed by atoms with E-state index in [2.05, 4.69) is 0 Å². The molecule has 158 valence electrons. The van der Waals surface area contributed by atoms with Crippen LogP contribution >= 0.6 is 0 Å². The SMILES string of the molecule is COc1ccccc1C1/C(=C(/O)c2ccc(C)cc2)C(=O)C(=O)N1CCOC(C)C. The molecule has 1 aliphatic rings. The lowest BCUT2D eigenvalue weighted by Crippen LogP contribution is -2.33. The van der Waals surface area contributed by atoms with Gasteiger partial charge in [0.1, 0.15) is 11.5 Å². The minimum atomic E-state index is -0.766. The number of carbonyl (C=O) groups excluding carboxylic acids is 2. The van der Waals surface area contributed by atoms with Crippen molar-refractivity contribution < 1.29 is 24.2 Å². The first kappa shape index (κ1) is 21.6. The van der Waals surface area contributed by atoms with Crippen molar-refractivity contribution in [2.75, 3.05) is 20.3 Å². The van der Waals surface area contributed by atoms with Gasteiger partial charge >= 0.3 is 0 Å². The zero-order valence-electron chi connectivity index (χ0n) is 17.7. The summed E-state index contributed by atoms with van der Waals surface area (Å²) in [5.41, 5.74) is 2.20. The van der Waals surface area contributed by atoms with Gasteiger partial charge in [-0.3, -0.25) is 9.59 Å². The molecular formula is C24H27NO5. The van der Waals surface area contributed by atoms with Crippen LogP contribution < -0.4 is 4.74 Å². The Labute approximate surface area is 176 Å². The van der Waals surface area contributed by atoms with E-state index in [1.165, 1.54) is 12.0 Å². The average Bonchev–Trinajstić information content (AvgIpc) is 2.98. The fourth-order valence-corrected chi connectivity index (χ4v) is 3.58. The molecule has 6 heteroatoms. The van der Waals surface area contributed by atoms with Crippen molar-refractivity contribution in [2.24, 2.45) is 0 Å². The number of nitrogens with zero attached hydrogens (tertiary/aromatic N) is 1. The second-order valence-corrected chi connectivity index (χ2v) is 7.52. The summed E-state index contributed by atoms with van der Waals surface area (Å²) < 4.78 is 11.1. The molecule has 1 heterocycles. The molecule has 6 nitrogen and oxygen atoms in total. The number of hydrogen-bond donors (Lipinski definition) is 1. The molecule has 0 spiro atoms. The van der Waals surface area contributed by atoms with Crippen molar-refractivity contribution in [3.63, 3.8) is 0 Å². The van der Waals surface area contributed by atoms with E-state index >= 15 is 0 Å². The van der Waals surface area contributed by atoms with Gasteiger partial charge in [0.15, 0.2) is 0 Å². The number of benzene rings is 2. The topological polar surface area (TPSA) is 76.1 Å². The smallest absolute Gasteiger partial charge is 0.295 e. The Balaban J connectivity index is 2.13. The summed E-state index contributed by atoms with van der Waals surface area (Å²) in [5, 5.41) is 11.0. The maximum absolute atomic E-state index is 13.0. The second-order valence-electron chi connectivity index (χ2n) is 7.52. The molecule has 0 saturated carbocycles. The van der Waals surface area contributed by atoms with Gasteiger partial charge in [0.25, 0.3) is 11.7 Å². The van der Waals surface area contributed by atoms with Crippen LogP contribution in [0.25, 0.3) is 5.76 Å². The van der Waals surface area contributed by atoms with Crippen LogP contribution in [-0.4, -0.2) is 48.1 Å². The molecule has 1 atom stereocenters. The largest absolute Gasteiger partial charge is 0.507 e. The molecule has 2 aromatic rings. The number of hydrogen-bond acceptors (Lipinski definition) is 5. The zero-order valence-corrected chi connectivity index (χ0v) is 17.7. The van der Waals surface area contributed by atoms with E-state index < -0.39 is 17.7 Å². The Morgan fingerprint density at radius 2 is 1.77 bits per heavy atom. The molecule has 0 aromatic heterocycles. The minimum absolute atomic E-state index is 0.000841. The van der Waals surface area contributed by atoms with E-state index in [0.717, 1.165) is 5.56 Å². The molecule has 3 rings (SSSR count). The highest BCUT2D eigenvalue weighted by Gasteiger charge is 2.46. The number of aliphatic hydroxyl groups is 1. The van der Waals surface area contributed by atoms with E-state index in [0.29, 0.717) is 16.9 Å². The molecule has 1 amide bonds. The third kappa shape index (κ3) is 4.24. The number of methoxy groups -OCH3 is 1. The fourth-order valence-electron chi connectivity index (χ4n) is 3.58. The van der Waals surface area contributed by atoms with Gasteiger partial charge in [-0.2, -0.15) is 0 Å². The molecule has 0 aliphatic carbocycles. The predicted octanol–water partition coefficient (Wildman–Crippen LogP) is 3.85. The summed E-state index contributed by atoms with van der Waals surface area (Å²) in [5.74, 6) is -1.04. The number of likely N-dealkylation sites (tertiary alicyclic amines) is 1. The summed E-state index contributed by atoms with van der Waals surface area (Å²) in [6.07, 6.45) is -0.000841. The summed E-state index contributed by atoms with van der Waals surface area (Å²) in [6, 6.07) is 13.6. The number of aryl methyl sites for hydroxylation is 1. The third-order valence-corrected chi connectivity index (χ3v) is 5.08. The van der Waals surface area contributed by atoms with E-state index in [4.69, 9.17) is 9.47 Å². The average molecular weight is 409 g/mol. The standard InChI is InChI=1S/C24H27NO5/c1-15(2)30-14-13-25-21(18-7-5-6-8-19(18)29-4)20(23(27)24(25)28)22(26)17-11-9-16(3)10-12-17/h5-12,15,21,26H,13-14H2,1-4H3/b22-20-. The number of ketones is 1. The maximum Gasteiger partial charge on any atom is 0.295 e. The van der Waals surface area contributed by atoms with Crippen molar-refractivity contribution in [1.29, 1.82) is 0 Å². The molecule has 30 heavy (non-hydrogen) atoms. The molecule has 0 bridgehead atoms. The van der Waals surface area contributed by atoms with E-state index in [1.54, 1.807) is 24.3 Å². The van der Waals surface area contributed by atoms with Crippen LogP contribution in [0, 0.1) is 6.92 Å². The van der Waals surface area contributed by atoms with Crippen molar-refractivity contribution in [3.05, 3.63) is 70.8 Å². The number of para-hydroxylation sites is 1. The van der Waals surface area contributed by atoms with Crippen LogP contribution in [0.4, 0.5) is 0 Å². The van der Waals surface area contributed by atoms with Crippen LogP contribution in [0.5, 0.6) is 5.75 Å². The Morgan fingerprint density at radius 3 is 2.40 bits per heavy atom. The quantitative estimate of drug-likeness (QED) is 0.427. The van der Waals surface area contributed by atoms with Crippen molar-refractivity contribution >= 4 is 17.4 Å². The lowest BCUT2D eigenvalue weighted by atomic mass is 9.94. The Bertz CT molecular complexity index is 962. The van der Waals surface area contributed by atoms with E-state index in [9.17, 15) is 14.7 Å². The molecule has 1 fully saturated rings. The Kier molecular flexibility index (Phi) is 6.57. The van der Waals surface area contributed by atoms with Gasteiger partial charge < -0.3 is 19.5 Å². The highest BCUT2D eigenvalue weighted by molar-refractivity contribution is 6.46. The highest BCUT2D eigenvalue weighted by Crippen LogP contribution is 2.42. The minimum Gasteiger partial charge on any atom is -0.507 e. The lowest BCUT2D eigenvalue weighted by molar-refractivity contribution is -0.140. The number of ether oxygens (including phenoxy) is 2. The van der Waals surface area contributed by atoms with Gasteiger partial charge in [0.2, 0.25) is 0 Å². The van der Waals surface area contributed by atoms with Gasteiger partial charge in [-0.1, -0.05) is 48.0 Å².